The van der Waals surface area contributed by atoms with Gasteiger partial charge >= 0.3 is 5.97 Å². The molecular formula is C18H20O5. The van der Waals surface area contributed by atoms with Gasteiger partial charge in [0.2, 0.25) is 5.75 Å². The number of ether oxygens (including phenoxy) is 3. The fraction of sp³-hybridized carbons (Fsp3) is 0.278. The number of hydrogen-bond donors (Lipinski definition) is 1. The Kier molecular flexibility index (Phi) is 5.11. The lowest BCUT2D eigenvalue weighted by Crippen LogP contribution is -2.03. The zero-order valence-electron chi connectivity index (χ0n) is 13.7. The summed E-state index contributed by atoms with van der Waals surface area (Å²) < 4.78 is 16.0. The summed E-state index contributed by atoms with van der Waals surface area (Å²) in [7, 11) is 4.60. The second-order valence-electron chi connectivity index (χ2n) is 4.91. The molecular weight excluding hydrogens is 296 g/mol. The van der Waals surface area contributed by atoms with E-state index < -0.39 is 5.97 Å². The maximum atomic E-state index is 11.6. The van der Waals surface area contributed by atoms with Gasteiger partial charge in [-0.3, -0.25) is 0 Å². The van der Waals surface area contributed by atoms with E-state index in [4.69, 9.17) is 14.2 Å². The number of carbonyl (C=O) groups is 1. The Bertz CT molecular complexity index is 696. The van der Waals surface area contributed by atoms with Crippen LogP contribution in [0.2, 0.25) is 0 Å². The molecule has 2 aromatic rings. The molecule has 0 aliphatic rings. The first-order chi connectivity index (χ1) is 11.1. The van der Waals surface area contributed by atoms with Gasteiger partial charge in [0.25, 0.3) is 0 Å². The zero-order chi connectivity index (χ0) is 17.0. The van der Waals surface area contributed by atoms with Crippen molar-refractivity contribution in [2.75, 3.05) is 21.3 Å². The van der Waals surface area contributed by atoms with E-state index in [2.05, 4.69) is 0 Å². The molecule has 0 bridgehead atoms. The van der Waals surface area contributed by atoms with E-state index >= 15 is 0 Å². The molecule has 0 aliphatic carbocycles. The third kappa shape index (κ3) is 3.08. The maximum Gasteiger partial charge on any atom is 0.336 e. The van der Waals surface area contributed by atoms with Gasteiger partial charge in [0.15, 0.2) is 11.5 Å². The topological polar surface area (TPSA) is 65.0 Å². The average molecular weight is 316 g/mol. The molecule has 0 radical (unpaired) electrons. The van der Waals surface area contributed by atoms with Gasteiger partial charge in [-0.05, 0) is 41.3 Å². The van der Waals surface area contributed by atoms with Crippen LogP contribution < -0.4 is 14.2 Å². The molecule has 0 heterocycles. The second kappa shape index (κ2) is 7.05. The summed E-state index contributed by atoms with van der Waals surface area (Å²) in [5, 5.41) is 9.51. The van der Waals surface area contributed by atoms with E-state index in [0.29, 0.717) is 34.8 Å². The second-order valence-corrected chi connectivity index (χ2v) is 4.91. The highest BCUT2D eigenvalue weighted by Crippen LogP contribution is 2.42. The normalized spacial score (nSPS) is 10.3. The Morgan fingerprint density at radius 1 is 1.04 bits per heavy atom. The van der Waals surface area contributed by atoms with E-state index in [1.165, 1.54) is 21.3 Å². The summed E-state index contributed by atoms with van der Waals surface area (Å²) in [5.41, 5.74) is 2.58. The lowest BCUT2D eigenvalue weighted by Gasteiger charge is -2.17. The van der Waals surface area contributed by atoms with Crippen molar-refractivity contribution in [3.05, 3.63) is 41.5 Å². The summed E-state index contributed by atoms with van der Waals surface area (Å²) in [4.78, 5) is 11.6. The molecule has 23 heavy (non-hydrogen) atoms. The van der Waals surface area contributed by atoms with Gasteiger partial charge in [0, 0.05) is 0 Å². The van der Waals surface area contributed by atoms with Gasteiger partial charge in [-0.2, -0.15) is 0 Å². The van der Waals surface area contributed by atoms with Crippen LogP contribution in [0.3, 0.4) is 0 Å². The van der Waals surface area contributed by atoms with Crippen LogP contribution in [0.4, 0.5) is 0 Å². The molecule has 0 atom stereocenters. The van der Waals surface area contributed by atoms with E-state index in [0.717, 1.165) is 5.56 Å². The quantitative estimate of drug-likeness (QED) is 0.881. The summed E-state index contributed by atoms with van der Waals surface area (Å²) in [6.45, 7) is 1.99. The average Bonchev–Trinajstić information content (AvgIpc) is 2.59. The van der Waals surface area contributed by atoms with Gasteiger partial charge in [0.05, 0.1) is 26.9 Å². The van der Waals surface area contributed by atoms with Crippen LogP contribution in [0.25, 0.3) is 11.1 Å². The molecule has 122 valence electrons. The first kappa shape index (κ1) is 16.7. The first-order valence-corrected chi connectivity index (χ1v) is 7.22. The van der Waals surface area contributed by atoms with Crippen molar-refractivity contribution < 1.29 is 24.1 Å². The van der Waals surface area contributed by atoms with Crippen molar-refractivity contribution in [2.24, 2.45) is 0 Å². The number of aromatic carboxylic acids is 1. The number of hydrogen-bond acceptors (Lipinski definition) is 4. The number of benzene rings is 2. The van der Waals surface area contributed by atoms with Crippen molar-refractivity contribution in [1.29, 1.82) is 0 Å². The van der Waals surface area contributed by atoms with Gasteiger partial charge in [-0.1, -0.05) is 19.1 Å². The monoisotopic (exact) mass is 316 g/mol. The Morgan fingerprint density at radius 2 is 1.65 bits per heavy atom. The molecule has 0 saturated carbocycles. The van der Waals surface area contributed by atoms with E-state index in [1.54, 1.807) is 24.3 Å². The van der Waals surface area contributed by atoms with Crippen LogP contribution in [0.1, 0.15) is 22.8 Å². The van der Waals surface area contributed by atoms with Crippen LogP contribution in [0.15, 0.2) is 30.3 Å². The molecule has 2 rings (SSSR count). The van der Waals surface area contributed by atoms with Crippen LogP contribution in [0, 0.1) is 0 Å². The van der Waals surface area contributed by atoms with E-state index in [9.17, 15) is 9.90 Å². The highest BCUT2D eigenvalue weighted by Gasteiger charge is 2.19. The fourth-order valence-electron chi connectivity index (χ4n) is 2.64. The number of aryl methyl sites for hydroxylation is 1. The van der Waals surface area contributed by atoms with Crippen molar-refractivity contribution in [2.45, 2.75) is 13.3 Å². The highest BCUT2D eigenvalue weighted by molar-refractivity contribution is 5.97. The van der Waals surface area contributed by atoms with Gasteiger partial charge in [-0.25, -0.2) is 4.79 Å². The standard InChI is InChI=1S/C18H20O5/c1-5-11-7-6-8-13(18(19)20)16(11)12-9-14(21-2)17(23-4)15(10-12)22-3/h6-10H,5H2,1-4H3,(H,19,20). The van der Waals surface area contributed by atoms with Gasteiger partial charge in [-0.15, -0.1) is 0 Å². The minimum Gasteiger partial charge on any atom is -0.493 e. The van der Waals surface area contributed by atoms with Gasteiger partial charge < -0.3 is 19.3 Å². The Hall–Kier alpha value is -2.69. The SMILES string of the molecule is CCc1cccc(C(=O)O)c1-c1cc(OC)c(OC)c(OC)c1. The maximum absolute atomic E-state index is 11.6. The molecule has 0 unspecified atom stereocenters. The summed E-state index contributed by atoms with van der Waals surface area (Å²) in [6.07, 6.45) is 0.715. The minimum atomic E-state index is -0.968. The van der Waals surface area contributed by atoms with E-state index in [1.807, 2.05) is 13.0 Å². The Morgan fingerprint density at radius 3 is 2.09 bits per heavy atom. The van der Waals surface area contributed by atoms with Crippen molar-refractivity contribution in [1.82, 2.24) is 0 Å². The molecule has 0 amide bonds. The highest BCUT2D eigenvalue weighted by atomic mass is 16.5. The third-order valence-corrected chi connectivity index (χ3v) is 3.72. The van der Waals surface area contributed by atoms with Crippen LogP contribution in [-0.4, -0.2) is 32.4 Å². The Balaban J connectivity index is 2.79. The summed E-state index contributed by atoms with van der Waals surface area (Å²) in [6, 6.07) is 8.80. The van der Waals surface area contributed by atoms with Crippen LogP contribution in [0.5, 0.6) is 17.2 Å². The molecule has 0 aliphatic heterocycles. The predicted octanol–water partition coefficient (Wildman–Crippen LogP) is 3.64. The largest absolute Gasteiger partial charge is 0.493 e. The molecule has 5 nitrogen and oxygen atoms in total. The molecule has 0 saturated heterocycles. The molecule has 0 aromatic heterocycles. The lowest BCUT2D eigenvalue weighted by molar-refractivity contribution is 0.0697. The number of carboxylic acid groups (broad SMARTS) is 1. The number of rotatable bonds is 6. The summed E-state index contributed by atoms with van der Waals surface area (Å²) in [5.74, 6) is 0.488. The van der Waals surface area contributed by atoms with Gasteiger partial charge in [0.1, 0.15) is 0 Å². The molecule has 0 spiro atoms. The summed E-state index contributed by atoms with van der Waals surface area (Å²) >= 11 is 0. The molecule has 5 heteroatoms. The lowest BCUT2D eigenvalue weighted by atomic mass is 9.92. The number of methoxy groups -OCH3 is 3. The number of carboxylic acids is 1. The third-order valence-electron chi connectivity index (χ3n) is 3.72. The van der Waals surface area contributed by atoms with Crippen molar-refractivity contribution in [3.63, 3.8) is 0 Å². The van der Waals surface area contributed by atoms with Crippen LogP contribution >= 0.6 is 0 Å². The fourth-order valence-corrected chi connectivity index (χ4v) is 2.64. The molecule has 0 fully saturated rings. The van der Waals surface area contributed by atoms with Crippen LogP contribution in [-0.2, 0) is 6.42 Å². The molecule has 2 aromatic carbocycles. The van der Waals surface area contributed by atoms with Crippen molar-refractivity contribution in [3.8, 4) is 28.4 Å². The smallest absolute Gasteiger partial charge is 0.336 e. The zero-order valence-corrected chi connectivity index (χ0v) is 13.7. The predicted molar refractivity (Wildman–Crippen MR) is 87.9 cm³/mol. The minimum absolute atomic E-state index is 0.249. The molecule has 1 N–H and O–H groups in total. The van der Waals surface area contributed by atoms with Crippen molar-refractivity contribution >= 4 is 5.97 Å². The van der Waals surface area contributed by atoms with E-state index in [-0.39, 0.29) is 5.56 Å². The first-order valence-electron chi connectivity index (χ1n) is 7.22. The Labute approximate surface area is 135 Å².